The van der Waals surface area contributed by atoms with Gasteiger partial charge in [-0.1, -0.05) is 125 Å². The zero-order valence-corrected chi connectivity index (χ0v) is 36.0. The maximum absolute atomic E-state index is 14.5. The second-order valence-corrected chi connectivity index (χ2v) is 17.1. The Labute approximate surface area is 361 Å². The van der Waals surface area contributed by atoms with E-state index in [1.807, 2.05) is 107 Å². The van der Waals surface area contributed by atoms with Crippen LogP contribution in [0.2, 0.25) is 0 Å². The summed E-state index contributed by atoms with van der Waals surface area (Å²) in [5, 5.41) is 36.3. The summed E-state index contributed by atoms with van der Waals surface area (Å²) in [4.78, 5) is 59.9. The fraction of sp³-hybridized carbons (Fsp3) is 0.396. The van der Waals surface area contributed by atoms with Crippen molar-refractivity contribution in [2.24, 2.45) is 11.8 Å². The molecule has 0 saturated carbocycles. The number of nitrogens with one attached hydrogen (secondary N) is 4. The van der Waals surface area contributed by atoms with E-state index in [2.05, 4.69) is 38.4 Å². The molecule has 13 heteroatoms. The first kappa shape index (κ1) is 44.9. The highest BCUT2D eigenvalue weighted by atomic mass is 32.1. The Balaban J connectivity index is 1.21. The number of hydrogen-bond donors (Lipinski definition) is 6. The number of fused-ring (bicyclic) bond motifs is 4. The first-order valence-corrected chi connectivity index (χ1v) is 22.0. The Bertz CT molecular complexity index is 2220. The lowest BCUT2D eigenvalue weighted by molar-refractivity contribution is -0.131. The highest BCUT2D eigenvalue weighted by Gasteiger charge is 2.34. The van der Waals surface area contributed by atoms with Crippen LogP contribution in [0.15, 0.2) is 102 Å². The van der Waals surface area contributed by atoms with Gasteiger partial charge in [-0.25, -0.2) is 9.78 Å². The van der Waals surface area contributed by atoms with Crippen LogP contribution in [-0.4, -0.2) is 82.5 Å². The van der Waals surface area contributed by atoms with Crippen LogP contribution in [0.25, 0.3) is 21.9 Å². The number of carbonyl (C=O) groups excluding carboxylic acids is 4. The minimum Gasteiger partial charge on any atom is -0.449 e. The van der Waals surface area contributed by atoms with E-state index < -0.39 is 54.1 Å². The monoisotopic (exact) mass is 847 g/mol. The van der Waals surface area contributed by atoms with Gasteiger partial charge in [0.15, 0.2) is 0 Å². The molecule has 6 atom stereocenters. The predicted molar refractivity (Wildman–Crippen MR) is 238 cm³/mol. The summed E-state index contributed by atoms with van der Waals surface area (Å²) < 4.78 is 5.89. The number of rotatable bonds is 20. The van der Waals surface area contributed by atoms with E-state index in [4.69, 9.17) is 4.74 Å². The van der Waals surface area contributed by atoms with Gasteiger partial charge in [0, 0.05) is 24.1 Å². The summed E-state index contributed by atoms with van der Waals surface area (Å²) in [7, 11) is 0. The lowest BCUT2D eigenvalue weighted by atomic mass is 9.95. The number of aliphatic hydroxyl groups is 2. The first-order chi connectivity index (χ1) is 29.4. The van der Waals surface area contributed by atoms with Gasteiger partial charge in [-0.2, -0.15) is 0 Å². The third-order valence-corrected chi connectivity index (χ3v) is 12.2. The van der Waals surface area contributed by atoms with Crippen molar-refractivity contribution >= 4 is 45.9 Å². The number of nitrogens with zero attached hydrogens (tertiary/aromatic N) is 1. The molecular formula is C48H57N5O7S. The molecule has 0 radical (unpaired) electrons. The molecule has 12 nitrogen and oxygen atoms in total. The summed E-state index contributed by atoms with van der Waals surface area (Å²) in [6, 6.07) is 26.0. The van der Waals surface area contributed by atoms with Crippen LogP contribution in [0.3, 0.4) is 0 Å². The molecule has 322 valence electrons. The Morgan fingerprint density at radius 2 is 1.41 bits per heavy atom. The number of amides is 4. The second kappa shape index (κ2) is 21.2. The van der Waals surface area contributed by atoms with Crippen LogP contribution in [0.4, 0.5) is 4.79 Å². The number of alkyl carbamates (subject to hydrolysis) is 1. The first-order valence-electron chi connectivity index (χ1n) is 21.1. The van der Waals surface area contributed by atoms with Gasteiger partial charge in [-0.05, 0) is 56.8 Å². The molecule has 1 aliphatic carbocycles. The van der Waals surface area contributed by atoms with E-state index >= 15 is 0 Å². The van der Waals surface area contributed by atoms with Gasteiger partial charge in [0.25, 0.3) is 0 Å². The Hall–Kier alpha value is -5.63. The number of carbonyl (C=O) groups is 4. The largest absolute Gasteiger partial charge is 0.449 e. The number of aromatic nitrogens is 1. The summed E-state index contributed by atoms with van der Waals surface area (Å²) in [6.07, 6.45) is -1.12. The van der Waals surface area contributed by atoms with E-state index in [-0.39, 0.29) is 50.2 Å². The summed E-state index contributed by atoms with van der Waals surface area (Å²) >= 11 is 1.35. The molecule has 0 saturated heterocycles. The van der Waals surface area contributed by atoms with Crippen LogP contribution in [0, 0.1) is 11.8 Å². The topological polar surface area (TPSA) is 179 Å². The van der Waals surface area contributed by atoms with Crippen molar-refractivity contribution in [3.8, 4) is 11.1 Å². The van der Waals surface area contributed by atoms with Crippen molar-refractivity contribution in [3.63, 3.8) is 0 Å². The Morgan fingerprint density at radius 1 is 0.770 bits per heavy atom. The fourth-order valence-electron chi connectivity index (χ4n) is 8.06. The van der Waals surface area contributed by atoms with Crippen molar-refractivity contribution in [2.75, 3.05) is 13.2 Å². The van der Waals surface area contributed by atoms with Gasteiger partial charge in [0.1, 0.15) is 18.7 Å². The van der Waals surface area contributed by atoms with Gasteiger partial charge in [0.05, 0.1) is 42.4 Å². The Kier molecular flexibility index (Phi) is 15.6. The second-order valence-electron chi connectivity index (χ2n) is 16.4. The van der Waals surface area contributed by atoms with Crippen molar-refractivity contribution in [2.45, 2.75) is 96.0 Å². The van der Waals surface area contributed by atoms with Crippen LogP contribution in [-0.2, 0) is 32.0 Å². The average molecular weight is 848 g/mol. The van der Waals surface area contributed by atoms with Gasteiger partial charge >= 0.3 is 6.09 Å². The van der Waals surface area contributed by atoms with E-state index in [1.165, 1.54) is 11.3 Å². The van der Waals surface area contributed by atoms with E-state index in [0.29, 0.717) is 12.1 Å². The molecule has 6 N–H and O–H groups in total. The van der Waals surface area contributed by atoms with Crippen LogP contribution in [0.1, 0.15) is 75.3 Å². The van der Waals surface area contributed by atoms with E-state index in [9.17, 15) is 29.4 Å². The minimum absolute atomic E-state index is 0.0235. The van der Waals surface area contributed by atoms with E-state index in [1.54, 1.807) is 10.9 Å². The fourth-order valence-corrected chi connectivity index (χ4v) is 8.64. The standard InChI is InChI=1S/C48H57N5O7S/c1-5-30(4)43(25-54)50-45(56)24-44(55)40(21-29(2)3)51-47(58)42(23-33-27-61-28-49-33)52-46(57)41(22-32-15-12-14-31-13-6-7-16-34(31)32)53-48(59)60-26-39-37-19-10-8-17-35(37)36-18-9-11-20-38(36)39/h6-20,27-30,39-44,54-55H,5,21-26H2,1-4H3,(H,50,56)(H,51,58)(H,52,57)(H,53,59)/t30-,40-,41-,42?,43+,44-/m0/s1. The Morgan fingerprint density at radius 3 is 2.07 bits per heavy atom. The highest BCUT2D eigenvalue weighted by molar-refractivity contribution is 7.07. The molecule has 1 unspecified atom stereocenters. The van der Waals surface area contributed by atoms with Crippen LogP contribution in [0.5, 0.6) is 0 Å². The quantitative estimate of drug-likeness (QED) is 0.0530. The summed E-state index contributed by atoms with van der Waals surface area (Å²) in [5.74, 6) is -1.77. The summed E-state index contributed by atoms with van der Waals surface area (Å²) in [6.45, 7) is 7.59. The number of benzene rings is 4. The molecule has 0 spiro atoms. The maximum Gasteiger partial charge on any atom is 0.407 e. The van der Waals surface area contributed by atoms with E-state index in [0.717, 1.165) is 45.0 Å². The van der Waals surface area contributed by atoms with Crippen molar-refractivity contribution in [1.29, 1.82) is 0 Å². The molecule has 61 heavy (non-hydrogen) atoms. The molecule has 0 bridgehead atoms. The van der Waals surface area contributed by atoms with Gasteiger partial charge in [-0.15, -0.1) is 11.3 Å². The average Bonchev–Trinajstić information content (AvgIpc) is 3.89. The van der Waals surface area contributed by atoms with Crippen molar-refractivity contribution in [1.82, 2.24) is 26.3 Å². The summed E-state index contributed by atoms with van der Waals surface area (Å²) in [5.41, 5.74) is 7.31. The number of ether oxygens (including phenoxy) is 1. The number of aliphatic hydroxyl groups excluding tert-OH is 2. The number of hydrogen-bond acceptors (Lipinski definition) is 9. The smallest absolute Gasteiger partial charge is 0.407 e. The lowest BCUT2D eigenvalue weighted by Crippen LogP contribution is -2.57. The molecule has 4 amide bonds. The van der Waals surface area contributed by atoms with Crippen molar-refractivity contribution < 1.29 is 34.1 Å². The molecule has 6 rings (SSSR count). The zero-order valence-electron chi connectivity index (χ0n) is 35.2. The highest BCUT2D eigenvalue weighted by Crippen LogP contribution is 2.44. The van der Waals surface area contributed by atoms with Crippen molar-refractivity contribution in [3.05, 3.63) is 124 Å². The van der Waals surface area contributed by atoms with Crippen LogP contribution < -0.4 is 21.3 Å². The molecule has 1 aromatic heterocycles. The normalized spacial score (nSPS) is 15.1. The number of thiazole rings is 1. The molecule has 4 aromatic carbocycles. The minimum atomic E-state index is -1.26. The lowest BCUT2D eigenvalue weighted by Gasteiger charge is -2.29. The van der Waals surface area contributed by atoms with Gasteiger partial charge < -0.3 is 36.2 Å². The zero-order chi connectivity index (χ0) is 43.5. The SMILES string of the molecule is CC[C@H](C)[C@@H](CO)NC(=O)C[C@H](O)[C@H](CC(C)C)NC(=O)C(Cc1cscn1)NC(=O)[C@H](Cc1cccc2ccccc12)NC(=O)OCC1c2ccccc2-c2ccccc21. The van der Waals surface area contributed by atoms with Gasteiger partial charge in [0.2, 0.25) is 17.7 Å². The molecule has 1 aliphatic rings. The molecular weight excluding hydrogens is 791 g/mol. The third kappa shape index (κ3) is 11.6. The molecule has 1 heterocycles. The molecule has 0 aliphatic heterocycles. The third-order valence-electron chi connectivity index (χ3n) is 11.6. The van der Waals surface area contributed by atoms with Gasteiger partial charge in [-0.3, -0.25) is 14.4 Å². The molecule has 5 aromatic rings. The predicted octanol–water partition coefficient (Wildman–Crippen LogP) is 6.28. The maximum atomic E-state index is 14.5. The molecule has 0 fully saturated rings. The van der Waals surface area contributed by atoms with Crippen LogP contribution >= 0.6 is 11.3 Å².